The van der Waals surface area contributed by atoms with Gasteiger partial charge in [-0.3, -0.25) is 4.79 Å². The van der Waals surface area contributed by atoms with E-state index in [-0.39, 0.29) is 17.8 Å². The fraction of sp³-hybridized carbons (Fsp3) is 0.227. The first-order valence-electron chi connectivity index (χ1n) is 10.0. The van der Waals surface area contributed by atoms with Crippen molar-refractivity contribution in [1.82, 2.24) is 14.6 Å². The van der Waals surface area contributed by atoms with Crippen LogP contribution in [0.5, 0.6) is 0 Å². The number of halogens is 1. The average molecular weight is 438 g/mol. The Kier molecular flexibility index (Phi) is 5.35. The van der Waals surface area contributed by atoms with Crippen molar-refractivity contribution in [1.29, 1.82) is 0 Å². The van der Waals surface area contributed by atoms with Crippen molar-refractivity contribution < 1.29 is 13.9 Å². The molecule has 31 heavy (non-hydrogen) atoms. The Morgan fingerprint density at radius 2 is 2.13 bits per heavy atom. The van der Waals surface area contributed by atoms with E-state index in [0.29, 0.717) is 13.2 Å². The number of imidazole rings is 1. The number of nitrogens with zero attached hydrogens (tertiary/aromatic N) is 3. The molecule has 1 amide bonds. The Bertz CT molecular complexity index is 1180. The molecule has 2 aromatic carbocycles. The molecule has 0 aliphatic carbocycles. The van der Waals surface area contributed by atoms with Crippen LogP contribution in [-0.4, -0.2) is 33.2 Å². The molecule has 1 fully saturated rings. The van der Waals surface area contributed by atoms with Crippen LogP contribution in [0, 0.1) is 5.82 Å². The maximum atomic E-state index is 13.1. The fourth-order valence-corrected chi connectivity index (χ4v) is 4.25. The number of aromatic nitrogens is 3. The first kappa shape index (κ1) is 19.7. The highest BCUT2D eigenvalue weighted by Gasteiger charge is 2.23. The number of hydrogen-bond donors (Lipinski definition) is 2. The molecule has 0 radical (unpaired) electrons. The molecule has 2 N–H and O–H groups in total. The Hall–Kier alpha value is -3.30. The fourth-order valence-electron chi connectivity index (χ4n) is 3.48. The standard InChI is InChI=1S/C22H20FN5O2S/c23-16-8-6-15(7-9-16)18-13-28-22(26-18)31-21(27-28)24-12-14-3-1-4-17(11-14)25-20(29)19-5-2-10-30-19/h1,3-4,6-9,11,13,19H,2,5,10,12H2,(H,24,27)(H,25,29). The smallest absolute Gasteiger partial charge is 0.253 e. The predicted octanol–water partition coefficient (Wildman–Crippen LogP) is 4.33. The van der Waals surface area contributed by atoms with Gasteiger partial charge in [0.05, 0.1) is 11.9 Å². The van der Waals surface area contributed by atoms with Gasteiger partial charge in [0.15, 0.2) is 0 Å². The van der Waals surface area contributed by atoms with Crippen LogP contribution in [0.15, 0.2) is 54.7 Å². The Morgan fingerprint density at radius 3 is 2.90 bits per heavy atom. The van der Waals surface area contributed by atoms with Crippen LogP contribution in [0.1, 0.15) is 18.4 Å². The molecule has 1 aliphatic heterocycles. The molecule has 0 spiro atoms. The van der Waals surface area contributed by atoms with Crippen LogP contribution in [0.25, 0.3) is 16.2 Å². The third-order valence-corrected chi connectivity index (χ3v) is 5.92. The van der Waals surface area contributed by atoms with E-state index < -0.39 is 0 Å². The van der Waals surface area contributed by atoms with Crippen molar-refractivity contribution in [3.63, 3.8) is 0 Å². The summed E-state index contributed by atoms with van der Waals surface area (Å²) in [6.45, 7) is 1.20. The zero-order valence-electron chi connectivity index (χ0n) is 16.5. The Morgan fingerprint density at radius 1 is 1.26 bits per heavy atom. The first-order chi connectivity index (χ1) is 15.1. The van der Waals surface area contributed by atoms with Gasteiger partial charge in [0.2, 0.25) is 10.1 Å². The summed E-state index contributed by atoms with van der Waals surface area (Å²) in [6.07, 6.45) is 3.16. The summed E-state index contributed by atoms with van der Waals surface area (Å²) in [7, 11) is 0. The molecule has 0 bridgehead atoms. The molecule has 2 aromatic heterocycles. The van der Waals surface area contributed by atoms with Gasteiger partial charge in [-0.2, -0.15) is 0 Å². The SMILES string of the molecule is O=C(Nc1cccc(CNc2nn3cc(-c4ccc(F)cc4)nc3s2)c1)C1CCCO1. The summed E-state index contributed by atoms with van der Waals surface area (Å²) in [5, 5.41) is 11.5. The van der Waals surface area contributed by atoms with E-state index in [1.165, 1.54) is 23.5 Å². The van der Waals surface area contributed by atoms with Gasteiger partial charge in [-0.25, -0.2) is 13.9 Å². The summed E-state index contributed by atoms with van der Waals surface area (Å²) >= 11 is 1.44. The second-order valence-electron chi connectivity index (χ2n) is 7.31. The normalized spacial score (nSPS) is 16.0. The van der Waals surface area contributed by atoms with Crippen LogP contribution < -0.4 is 10.6 Å². The van der Waals surface area contributed by atoms with Gasteiger partial charge in [0.1, 0.15) is 11.9 Å². The number of nitrogens with one attached hydrogen (secondary N) is 2. The third kappa shape index (κ3) is 4.42. The molecule has 1 aliphatic rings. The van der Waals surface area contributed by atoms with Crippen molar-refractivity contribution in [3.8, 4) is 11.3 Å². The maximum Gasteiger partial charge on any atom is 0.253 e. The lowest BCUT2D eigenvalue weighted by Crippen LogP contribution is -2.26. The summed E-state index contributed by atoms with van der Waals surface area (Å²) in [6, 6.07) is 13.9. The summed E-state index contributed by atoms with van der Waals surface area (Å²) < 4.78 is 20.3. The van der Waals surface area contributed by atoms with E-state index in [4.69, 9.17) is 4.74 Å². The Balaban J connectivity index is 1.23. The van der Waals surface area contributed by atoms with Crippen molar-refractivity contribution in [2.24, 2.45) is 0 Å². The van der Waals surface area contributed by atoms with Crippen LogP contribution in [0.4, 0.5) is 15.2 Å². The van der Waals surface area contributed by atoms with Gasteiger partial charge in [-0.15, -0.1) is 5.10 Å². The lowest BCUT2D eigenvalue weighted by Gasteiger charge is -2.11. The lowest BCUT2D eigenvalue weighted by atomic mass is 10.2. The molecule has 1 saturated heterocycles. The minimum Gasteiger partial charge on any atom is -0.368 e. The molecule has 158 valence electrons. The third-order valence-electron chi connectivity index (χ3n) is 5.04. The second-order valence-corrected chi connectivity index (χ2v) is 8.27. The Labute approximate surface area is 181 Å². The van der Waals surface area contributed by atoms with Gasteiger partial charge >= 0.3 is 0 Å². The summed E-state index contributed by atoms with van der Waals surface area (Å²) in [4.78, 5) is 17.6. The van der Waals surface area contributed by atoms with Crippen LogP contribution in [0.3, 0.4) is 0 Å². The molecular formula is C22H20FN5O2S. The van der Waals surface area contributed by atoms with Crippen LogP contribution in [-0.2, 0) is 16.1 Å². The number of benzene rings is 2. The van der Waals surface area contributed by atoms with E-state index in [2.05, 4.69) is 20.7 Å². The zero-order chi connectivity index (χ0) is 21.2. The number of amides is 1. The highest BCUT2D eigenvalue weighted by atomic mass is 32.1. The molecule has 1 atom stereocenters. The van der Waals surface area contributed by atoms with E-state index in [9.17, 15) is 9.18 Å². The number of rotatable bonds is 6. The highest BCUT2D eigenvalue weighted by Crippen LogP contribution is 2.25. The van der Waals surface area contributed by atoms with E-state index in [0.717, 1.165) is 45.4 Å². The van der Waals surface area contributed by atoms with E-state index in [1.807, 2.05) is 30.5 Å². The molecule has 1 unspecified atom stereocenters. The molecule has 5 rings (SSSR count). The highest BCUT2D eigenvalue weighted by molar-refractivity contribution is 7.20. The molecule has 4 aromatic rings. The first-order valence-corrected chi connectivity index (χ1v) is 10.8. The molecule has 7 nitrogen and oxygen atoms in total. The van der Waals surface area contributed by atoms with Crippen molar-refractivity contribution in [3.05, 3.63) is 66.1 Å². The van der Waals surface area contributed by atoms with Crippen molar-refractivity contribution in [2.45, 2.75) is 25.5 Å². The summed E-state index contributed by atoms with van der Waals surface area (Å²) in [5.74, 6) is -0.370. The molecule has 9 heteroatoms. The van der Waals surface area contributed by atoms with Crippen LogP contribution >= 0.6 is 11.3 Å². The van der Waals surface area contributed by atoms with Gasteiger partial charge in [-0.05, 0) is 54.8 Å². The predicted molar refractivity (Wildman–Crippen MR) is 118 cm³/mol. The van der Waals surface area contributed by atoms with Crippen molar-refractivity contribution in [2.75, 3.05) is 17.2 Å². The quantitative estimate of drug-likeness (QED) is 0.469. The zero-order valence-corrected chi connectivity index (χ0v) is 17.4. The van der Waals surface area contributed by atoms with Crippen LogP contribution in [0.2, 0.25) is 0 Å². The monoisotopic (exact) mass is 437 g/mol. The minimum atomic E-state index is -0.354. The average Bonchev–Trinajstić information content (AvgIpc) is 3.50. The maximum absolute atomic E-state index is 13.1. The number of fused-ring (bicyclic) bond motifs is 1. The number of hydrogen-bond acceptors (Lipinski definition) is 6. The second kappa shape index (κ2) is 8.44. The van der Waals surface area contributed by atoms with E-state index in [1.54, 1.807) is 16.6 Å². The van der Waals surface area contributed by atoms with Gasteiger partial charge in [0.25, 0.3) is 5.91 Å². The minimum absolute atomic E-state index is 0.0966. The molecule has 3 heterocycles. The number of anilines is 2. The summed E-state index contributed by atoms with van der Waals surface area (Å²) in [5.41, 5.74) is 3.36. The number of carbonyl (C=O) groups is 1. The molecular weight excluding hydrogens is 417 g/mol. The number of carbonyl (C=O) groups excluding carboxylic acids is 1. The largest absolute Gasteiger partial charge is 0.368 e. The molecule has 0 saturated carbocycles. The van der Waals surface area contributed by atoms with Gasteiger partial charge in [-0.1, -0.05) is 23.5 Å². The topological polar surface area (TPSA) is 80.6 Å². The number of ether oxygens (including phenoxy) is 1. The van der Waals surface area contributed by atoms with Gasteiger partial charge in [0, 0.05) is 24.4 Å². The van der Waals surface area contributed by atoms with Crippen molar-refractivity contribution >= 4 is 33.0 Å². The van der Waals surface area contributed by atoms with Gasteiger partial charge < -0.3 is 15.4 Å². The lowest BCUT2D eigenvalue weighted by molar-refractivity contribution is -0.124. The van der Waals surface area contributed by atoms with E-state index >= 15 is 0 Å².